The quantitative estimate of drug-likeness (QED) is 0.717. The summed E-state index contributed by atoms with van der Waals surface area (Å²) in [5.74, 6) is 1.21. The van der Waals surface area contributed by atoms with Crippen LogP contribution in [0, 0.1) is 11.8 Å². The van der Waals surface area contributed by atoms with E-state index in [0.29, 0.717) is 17.2 Å². The molecule has 0 aromatic heterocycles. The van der Waals surface area contributed by atoms with E-state index < -0.39 is 0 Å². The minimum absolute atomic E-state index is 0.0451. The molecular weight excluding hydrogens is 258 g/mol. The van der Waals surface area contributed by atoms with E-state index >= 15 is 0 Å². The second kappa shape index (κ2) is 4.24. The molecule has 2 rings (SSSR count). The molecule has 4 heteroatoms. The van der Waals surface area contributed by atoms with Crippen LogP contribution in [0.25, 0.3) is 0 Å². The van der Waals surface area contributed by atoms with Crippen molar-refractivity contribution in [2.75, 3.05) is 11.9 Å². The zero-order valence-electron chi connectivity index (χ0n) is 8.91. The molecule has 0 bridgehead atoms. The number of alkyl halides is 1. The number of halogens is 1. The second-order valence-electron chi connectivity index (χ2n) is 4.57. The molecule has 1 aliphatic carbocycles. The first-order chi connectivity index (χ1) is 7.15. The molecule has 0 radical (unpaired) electrons. The third-order valence-corrected chi connectivity index (χ3v) is 4.31. The van der Waals surface area contributed by atoms with E-state index in [1.807, 2.05) is 0 Å². The van der Waals surface area contributed by atoms with E-state index in [1.54, 1.807) is 11.8 Å². The first-order valence-corrected chi connectivity index (χ1v) is 6.63. The van der Waals surface area contributed by atoms with Gasteiger partial charge in [0.2, 0.25) is 5.91 Å². The fourth-order valence-electron chi connectivity index (χ4n) is 3.12. The lowest BCUT2D eigenvalue weighted by molar-refractivity contribution is -0.135. The minimum atomic E-state index is -0.144. The van der Waals surface area contributed by atoms with Gasteiger partial charge in [0.25, 0.3) is 0 Å². The van der Waals surface area contributed by atoms with Crippen molar-refractivity contribution < 1.29 is 9.59 Å². The van der Waals surface area contributed by atoms with E-state index in [-0.39, 0.29) is 17.7 Å². The third kappa shape index (κ3) is 1.84. The number of rotatable bonds is 2. The molecule has 84 valence electrons. The Labute approximate surface area is 98.3 Å². The van der Waals surface area contributed by atoms with Gasteiger partial charge in [0, 0.05) is 13.5 Å². The average Bonchev–Trinajstić information content (AvgIpc) is 2.74. The molecule has 1 amide bonds. The van der Waals surface area contributed by atoms with Crippen molar-refractivity contribution in [2.45, 2.75) is 32.2 Å². The van der Waals surface area contributed by atoms with E-state index in [2.05, 4.69) is 15.9 Å². The van der Waals surface area contributed by atoms with Crippen molar-refractivity contribution in [3.63, 3.8) is 0 Å². The molecule has 15 heavy (non-hydrogen) atoms. The van der Waals surface area contributed by atoms with Crippen molar-refractivity contribution in [1.29, 1.82) is 0 Å². The van der Waals surface area contributed by atoms with Crippen LogP contribution >= 0.6 is 15.9 Å². The van der Waals surface area contributed by atoms with Gasteiger partial charge in [-0.05, 0) is 24.7 Å². The SMILES string of the molecule is CC(=O)N1CC2CCCC2C1C(=O)CBr. The van der Waals surface area contributed by atoms with E-state index in [9.17, 15) is 9.59 Å². The van der Waals surface area contributed by atoms with Crippen LogP contribution in [-0.4, -0.2) is 34.5 Å². The van der Waals surface area contributed by atoms with E-state index in [4.69, 9.17) is 0 Å². The summed E-state index contributed by atoms with van der Waals surface area (Å²) in [5, 5.41) is 0.366. The normalized spacial score (nSPS) is 34.3. The van der Waals surface area contributed by atoms with Gasteiger partial charge in [-0.1, -0.05) is 22.4 Å². The molecule has 3 nitrogen and oxygen atoms in total. The largest absolute Gasteiger partial charge is 0.332 e. The van der Waals surface area contributed by atoms with Gasteiger partial charge in [0.15, 0.2) is 5.78 Å². The fourth-order valence-corrected chi connectivity index (χ4v) is 3.45. The molecule has 1 saturated heterocycles. The van der Waals surface area contributed by atoms with Gasteiger partial charge < -0.3 is 4.90 Å². The molecule has 1 saturated carbocycles. The Balaban J connectivity index is 2.20. The van der Waals surface area contributed by atoms with Crippen LogP contribution in [0.15, 0.2) is 0 Å². The Hall–Kier alpha value is -0.380. The summed E-state index contributed by atoms with van der Waals surface area (Å²) >= 11 is 3.21. The Morgan fingerprint density at radius 3 is 2.73 bits per heavy atom. The number of hydrogen-bond acceptors (Lipinski definition) is 2. The van der Waals surface area contributed by atoms with Crippen molar-refractivity contribution in [3.8, 4) is 0 Å². The molecule has 3 atom stereocenters. The molecular formula is C11H16BrNO2. The van der Waals surface area contributed by atoms with Crippen LogP contribution in [0.1, 0.15) is 26.2 Å². The zero-order chi connectivity index (χ0) is 11.0. The van der Waals surface area contributed by atoms with Gasteiger partial charge >= 0.3 is 0 Å². The number of hydrogen-bond donors (Lipinski definition) is 0. The Morgan fingerprint density at radius 1 is 1.40 bits per heavy atom. The van der Waals surface area contributed by atoms with Crippen molar-refractivity contribution >= 4 is 27.6 Å². The van der Waals surface area contributed by atoms with E-state index in [1.165, 1.54) is 12.8 Å². The summed E-state index contributed by atoms with van der Waals surface area (Å²) in [6, 6.07) is -0.144. The third-order valence-electron chi connectivity index (χ3n) is 3.76. The van der Waals surface area contributed by atoms with Crippen LogP contribution in [0.5, 0.6) is 0 Å². The van der Waals surface area contributed by atoms with Crippen molar-refractivity contribution in [2.24, 2.45) is 11.8 Å². The summed E-state index contributed by atoms with van der Waals surface area (Å²) < 4.78 is 0. The average molecular weight is 274 g/mol. The number of amides is 1. The molecule has 0 aromatic carbocycles. The standard InChI is InChI=1S/C11H16BrNO2/c1-7(14)13-6-8-3-2-4-9(8)11(13)10(15)5-12/h8-9,11H,2-6H2,1H3. The minimum Gasteiger partial charge on any atom is -0.332 e. The number of ketones is 1. The highest BCUT2D eigenvalue weighted by atomic mass is 79.9. The Bertz CT molecular complexity index is 292. The number of nitrogens with zero attached hydrogens (tertiary/aromatic N) is 1. The molecule has 0 aromatic rings. The lowest BCUT2D eigenvalue weighted by Gasteiger charge is -2.24. The van der Waals surface area contributed by atoms with Crippen LogP contribution in [0.4, 0.5) is 0 Å². The van der Waals surface area contributed by atoms with Crippen LogP contribution in [0.2, 0.25) is 0 Å². The number of carbonyl (C=O) groups excluding carboxylic acids is 2. The van der Waals surface area contributed by atoms with Gasteiger partial charge in [-0.2, -0.15) is 0 Å². The van der Waals surface area contributed by atoms with Crippen LogP contribution < -0.4 is 0 Å². The predicted octanol–water partition coefficient (Wildman–Crippen LogP) is 1.60. The predicted molar refractivity (Wildman–Crippen MR) is 60.8 cm³/mol. The molecule has 2 fully saturated rings. The summed E-state index contributed by atoms with van der Waals surface area (Å²) in [4.78, 5) is 25.1. The summed E-state index contributed by atoms with van der Waals surface area (Å²) in [6.07, 6.45) is 3.51. The van der Waals surface area contributed by atoms with Crippen LogP contribution in [0.3, 0.4) is 0 Å². The molecule has 1 aliphatic heterocycles. The summed E-state index contributed by atoms with van der Waals surface area (Å²) in [6.45, 7) is 2.36. The summed E-state index contributed by atoms with van der Waals surface area (Å²) in [5.41, 5.74) is 0. The molecule has 2 aliphatic rings. The van der Waals surface area contributed by atoms with E-state index in [0.717, 1.165) is 13.0 Å². The van der Waals surface area contributed by atoms with Crippen LogP contribution in [-0.2, 0) is 9.59 Å². The lowest BCUT2D eigenvalue weighted by Crippen LogP contribution is -2.42. The number of likely N-dealkylation sites (tertiary alicyclic amines) is 1. The maximum absolute atomic E-state index is 11.8. The van der Waals surface area contributed by atoms with Gasteiger partial charge in [-0.3, -0.25) is 9.59 Å². The maximum Gasteiger partial charge on any atom is 0.220 e. The molecule has 3 unspecified atom stereocenters. The number of fused-ring (bicyclic) bond motifs is 1. The Kier molecular flexibility index (Phi) is 3.14. The first kappa shape index (κ1) is 11.1. The summed E-state index contributed by atoms with van der Waals surface area (Å²) in [7, 11) is 0. The second-order valence-corrected chi connectivity index (χ2v) is 5.13. The lowest BCUT2D eigenvalue weighted by atomic mass is 9.92. The van der Waals surface area contributed by atoms with Gasteiger partial charge in [-0.15, -0.1) is 0 Å². The Morgan fingerprint density at radius 2 is 2.13 bits per heavy atom. The smallest absolute Gasteiger partial charge is 0.220 e. The fraction of sp³-hybridized carbons (Fsp3) is 0.818. The topological polar surface area (TPSA) is 37.4 Å². The van der Waals surface area contributed by atoms with Crippen molar-refractivity contribution in [3.05, 3.63) is 0 Å². The molecule has 1 heterocycles. The maximum atomic E-state index is 11.8. The monoisotopic (exact) mass is 273 g/mol. The number of Topliss-reactive ketones (excluding diaryl/α,β-unsaturated/α-hetero) is 1. The highest BCUT2D eigenvalue weighted by Gasteiger charge is 2.47. The van der Waals surface area contributed by atoms with Gasteiger partial charge in [-0.25, -0.2) is 0 Å². The number of carbonyl (C=O) groups is 2. The molecule has 0 N–H and O–H groups in total. The first-order valence-electron chi connectivity index (χ1n) is 5.51. The van der Waals surface area contributed by atoms with Crippen molar-refractivity contribution in [1.82, 2.24) is 4.90 Å². The van der Waals surface area contributed by atoms with Gasteiger partial charge in [0.1, 0.15) is 0 Å². The highest BCUT2D eigenvalue weighted by Crippen LogP contribution is 2.42. The zero-order valence-corrected chi connectivity index (χ0v) is 10.5. The molecule has 0 spiro atoms. The van der Waals surface area contributed by atoms with Gasteiger partial charge in [0.05, 0.1) is 11.4 Å². The highest BCUT2D eigenvalue weighted by molar-refractivity contribution is 9.09.